The molecule has 3 aliphatic rings. The van der Waals surface area contributed by atoms with Gasteiger partial charge in [0.25, 0.3) is 5.91 Å². The number of aromatic nitrogens is 1. The molecule has 30 heavy (non-hydrogen) atoms. The minimum atomic E-state index is -0.686. The third kappa shape index (κ3) is 3.54. The Labute approximate surface area is 177 Å². The zero-order valence-corrected chi connectivity index (χ0v) is 17.5. The predicted octanol–water partition coefficient (Wildman–Crippen LogP) is 2.83. The normalized spacial score (nSPS) is 21.6. The number of carbonyl (C=O) groups excluding carboxylic acids is 1. The number of hydrogen-bond donors (Lipinski definition) is 0. The lowest BCUT2D eigenvalue weighted by molar-refractivity contribution is -0.127. The molecule has 3 aliphatic heterocycles. The van der Waals surface area contributed by atoms with Crippen LogP contribution in [0.4, 0.5) is 0 Å². The first-order chi connectivity index (χ1) is 14.5. The van der Waals surface area contributed by atoms with Crippen LogP contribution in [0.25, 0.3) is 0 Å². The van der Waals surface area contributed by atoms with Crippen LogP contribution in [-0.4, -0.2) is 58.9 Å². The summed E-state index contributed by atoms with van der Waals surface area (Å²) in [4.78, 5) is 30.6. The fraction of sp³-hybridized carbons (Fsp3) is 0.435. The third-order valence-corrected chi connectivity index (χ3v) is 5.95. The van der Waals surface area contributed by atoms with E-state index in [2.05, 4.69) is 21.0 Å². The van der Waals surface area contributed by atoms with Gasteiger partial charge in [-0.1, -0.05) is 6.07 Å². The number of amides is 1. The summed E-state index contributed by atoms with van der Waals surface area (Å²) in [5, 5.41) is 10.2. The Morgan fingerprint density at radius 3 is 2.73 bits per heavy atom. The van der Waals surface area contributed by atoms with Gasteiger partial charge >= 0.3 is 0 Å². The van der Waals surface area contributed by atoms with E-state index in [1.807, 2.05) is 43.0 Å². The second kappa shape index (κ2) is 8.23. The predicted molar refractivity (Wildman–Crippen MR) is 116 cm³/mol. The van der Waals surface area contributed by atoms with E-state index in [1.165, 1.54) is 0 Å². The first kappa shape index (κ1) is 20.0. The molecule has 1 fully saturated rings. The molecule has 1 aromatic rings. The number of aliphatic imine (C=N–C) groups is 2. The van der Waals surface area contributed by atoms with Gasteiger partial charge in [-0.05, 0) is 51.3 Å². The Morgan fingerprint density at radius 2 is 2.03 bits per heavy atom. The van der Waals surface area contributed by atoms with E-state index in [0.717, 1.165) is 30.7 Å². The van der Waals surface area contributed by atoms with Gasteiger partial charge in [0.2, 0.25) is 0 Å². The first-order valence-corrected chi connectivity index (χ1v) is 10.4. The number of dihydropyridines is 1. The average Bonchev–Trinajstić information content (AvgIpc) is 3.21. The van der Waals surface area contributed by atoms with Crippen LogP contribution in [0.15, 0.2) is 57.4 Å². The van der Waals surface area contributed by atoms with E-state index >= 15 is 0 Å². The summed E-state index contributed by atoms with van der Waals surface area (Å²) in [6.45, 7) is 5.95. The van der Waals surface area contributed by atoms with Crippen LogP contribution in [0, 0.1) is 11.3 Å². The molecule has 1 amide bonds. The van der Waals surface area contributed by atoms with Crippen molar-refractivity contribution in [2.24, 2.45) is 9.98 Å². The van der Waals surface area contributed by atoms with Crippen molar-refractivity contribution in [3.8, 4) is 6.07 Å². The monoisotopic (exact) mass is 402 g/mol. The summed E-state index contributed by atoms with van der Waals surface area (Å²) in [6, 6.07) is 7.87. The number of nitriles is 1. The van der Waals surface area contributed by atoms with Crippen molar-refractivity contribution in [1.82, 2.24) is 14.8 Å². The zero-order valence-electron chi connectivity index (χ0n) is 17.5. The van der Waals surface area contributed by atoms with Gasteiger partial charge in [-0.2, -0.15) is 5.26 Å². The van der Waals surface area contributed by atoms with Crippen molar-refractivity contribution in [2.75, 3.05) is 19.6 Å². The third-order valence-electron chi connectivity index (χ3n) is 5.95. The highest BCUT2D eigenvalue weighted by atomic mass is 16.2. The average molecular weight is 403 g/mol. The van der Waals surface area contributed by atoms with Gasteiger partial charge in [-0.25, -0.2) is 0 Å². The topological polar surface area (TPSA) is 85.0 Å². The van der Waals surface area contributed by atoms with Crippen molar-refractivity contribution in [3.05, 3.63) is 53.1 Å². The molecule has 4 rings (SSSR count). The molecule has 7 nitrogen and oxygen atoms in total. The Hall–Kier alpha value is -3.27. The van der Waals surface area contributed by atoms with Crippen LogP contribution in [0.3, 0.4) is 0 Å². The van der Waals surface area contributed by atoms with Crippen LogP contribution in [-0.2, 0) is 10.2 Å². The molecule has 0 radical (unpaired) electrons. The second-order valence-corrected chi connectivity index (χ2v) is 8.28. The standard InChI is InChI=1S/C23H26N6O/c1-23(2,20-8-4-5-10-26-20)21(29-16-27-18-15-25-11-9-19(18)29)17(14-24)22(30)28-12-6-3-7-13-28/h4-5,8-11,16,18H,3,6-7,12-13,15H2,1-2H3. The van der Waals surface area contributed by atoms with Gasteiger partial charge in [0.15, 0.2) is 0 Å². The molecule has 0 aromatic carbocycles. The highest BCUT2D eigenvalue weighted by molar-refractivity contribution is 5.99. The molecule has 0 bridgehead atoms. The number of allylic oxidation sites excluding steroid dienone is 2. The lowest BCUT2D eigenvalue weighted by atomic mass is 9.81. The molecule has 4 heterocycles. The maximum atomic E-state index is 13.5. The Balaban J connectivity index is 1.87. The number of pyridine rings is 1. The number of fused-ring (bicyclic) bond motifs is 1. The van der Waals surface area contributed by atoms with Crippen LogP contribution in [0.2, 0.25) is 0 Å². The SMILES string of the molecule is CC(C)(C(=C(C#N)C(=O)N1CCCCC1)N1C=NC2CN=CC=C21)c1ccccn1. The Kier molecular flexibility index (Phi) is 5.49. The molecule has 1 atom stereocenters. The summed E-state index contributed by atoms with van der Waals surface area (Å²) >= 11 is 0. The molecular weight excluding hydrogens is 376 g/mol. The van der Waals surface area contributed by atoms with Gasteiger partial charge in [-0.15, -0.1) is 0 Å². The Bertz CT molecular complexity index is 977. The van der Waals surface area contributed by atoms with Gasteiger partial charge in [0.05, 0.1) is 30.0 Å². The molecule has 1 unspecified atom stereocenters. The van der Waals surface area contributed by atoms with E-state index in [4.69, 9.17) is 0 Å². The van der Waals surface area contributed by atoms with E-state index in [1.54, 1.807) is 23.6 Å². The number of carbonyl (C=O) groups is 1. The van der Waals surface area contributed by atoms with Crippen LogP contribution in [0.5, 0.6) is 0 Å². The van der Waals surface area contributed by atoms with Gasteiger partial charge < -0.3 is 9.80 Å². The molecule has 0 aliphatic carbocycles. The van der Waals surface area contributed by atoms with Gasteiger partial charge in [0.1, 0.15) is 17.7 Å². The van der Waals surface area contributed by atoms with E-state index in [0.29, 0.717) is 25.3 Å². The molecule has 0 N–H and O–H groups in total. The van der Waals surface area contributed by atoms with Crippen LogP contribution in [0.1, 0.15) is 38.8 Å². The molecule has 154 valence electrons. The quantitative estimate of drug-likeness (QED) is 0.573. The highest BCUT2D eigenvalue weighted by Crippen LogP contribution is 2.39. The molecule has 7 heteroatoms. The summed E-state index contributed by atoms with van der Waals surface area (Å²) < 4.78 is 0. The molecule has 0 saturated carbocycles. The maximum Gasteiger partial charge on any atom is 0.266 e. The van der Waals surface area contributed by atoms with E-state index in [9.17, 15) is 10.1 Å². The number of hydrogen-bond acceptors (Lipinski definition) is 6. The smallest absolute Gasteiger partial charge is 0.266 e. The van der Waals surface area contributed by atoms with Crippen molar-refractivity contribution in [3.63, 3.8) is 0 Å². The van der Waals surface area contributed by atoms with Crippen molar-refractivity contribution in [2.45, 2.75) is 44.6 Å². The van der Waals surface area contributed by atoms with Crippen molar-refractivity contribution < 1.29 is 4.79 Å². The zero-order chi connectivity index (χ0) is 21.1. The summed E-state index contributed by atoms with van der Waals surface area (Å²) in [5.41, 5.74) is 1.81. The molecule has 1 aromatic heterocycles. The number of piperidine rings is 1. The molecule has 1 saturated heterocycles. The Morgan fingerprint density at radius 1 is 1.23 bits per heavy atom. The van der Waals surface area contributed by atoms with Crippen molar-refractivity contribution >= 4 is 18.5 Å². The highest BCUT2D eigenvalue weighted by Gasteiger charge is 2.41. The fourth-order valence-corrected chi connectivity index (χ4v) is 4.30. The van der Waals surface area contributed by atoms with Gasteiger partial charge in [-0.3, -0.25) is 19.8 Å². The largest absolute Gasteiger partial charge is 0.338 e. The lowest BCUT2D eigenvalue weighted by Gasteiger charge is -2.36. The summed E-state index contributed by atoms with van der Waals surface area (Å²) in [5.74, 6) is -0.210. The molecular formula is C23H26N6O. The summed E-state index contributed by atoms with van der Waals surface area (Å²) in [6.07, 6.45) is 10.2. The number of rotatable bonds is 4. The van der Waals surface area contributed by atoms with Crippen molar-refractivity contribution in [1.29, 1.82) is 5.26 Å². The minimum absolute atomic E-state index is 0.0884. The summed E-state index contributed by atoms with van der Waals surface area (Å²) in [7, 11) is 0. The van der Waals surface area contributed by atoms with E-state index in [-0.39, 0.29) is 17.5 Å². The fourth-order valence-electron chi connectivity index (χ4n) is 4.30. The van der Waals surface area contributed by atoms with Crippen LogP contribution >= 0.6 is 0 Å². The van der Waals surface area contributed by atoms with E-state index < -0.39 is 5.41 Å². The molecule has 0 spiro atoms. The van der Waals surface area contributed by atoms with Gasteiger partial charge in [0, 0.05) is 30.9 Å². The number of nitrogens with zero attached hydrogens (tertiary/aromatic N) is 6. The second-order valence-electron chi connectivity index (χ2n) is 8.28. The number of likely N-dealkylation sites (tertiary alicyclic amines) is 1. The lowest BCUT2D eigenvalue weighted by Crippen LogP contribution is -2.41. The maximum absolute atomic E-state index is 13.5. The first-order valence-electron chi connectivity index (χ1n) is 10.4. The minimum Gasteiger partial charge on any atom is -0.338 e. The van der Waals surface area contributed by atoms with Crippen LogP contribution < -0.4 is 0 Å².